The van der Waals surface area contributed by atoms with Crippen molar-refractivity contribution >= 4 is 17.7 Å². The van der Waals surface area contributed by atoms with Gasteiger partial charge in [0.2, 0.25) is 5.16 Å². The Kier molecular flexibility index (Phi) is 2.88. The van der Waals surface area contributed by atoms with Crippen molar-refractivity contribution in [3.05, 3.63) is 0 Å². The predicted octanol–water partition coefficient (Wildman–Crippen LogP) is 1.35. The number of hydrogen-bond acceptors (Lipinski definition) is 5. The van der Waals surface area contributed by atoms with E-state index in [2.05, 4.69) is 15.5 Å². The van der Waals surface area contributed by atoms with Gasteiger partial charge in [-0.15, -0.1) is 5.10 Å². The first-order valence-corrected chi connectivity index (χ1v) is 6.09. The van der Waals surface area contributed by atoms with Crippen molar-refractivity contribution in [2.24, 2.45) is 0 Å². The first kappa shape index (κ1) is 11.4. The van der Waals surface area contributed by atoms with Crippen LogP contribution >= 0.6 is 11.8 Å². The number of carbonyl (C=O) groups is 1. The molecule has 0 saturated heterocycles. The zero-order chi connectivity index (χ0) is 11.8. The zero-order valence-corrected chi connectivity index (χ0v) is 10.1. The molecule has 1 unspecified atom stereocenters. The van der Waals surface area contributed by atoms with Gasteiger partial charge >= 0.3 is 5.97 Å². The van der Waals surface area contributed by atoms with Crippen molar-refractivity contribution < 1.29 is 9.90 Å². The highest BCUT2D eigenvalue weighted by Gasteiger charge is 2.36. The van der Waals surface area contributed by atoms with Gasteiger partial charge in [-0.1, -0.05) is 18.7 Å². The Labute approximate surface area is 97.4 Å². The second-order valence-corrected chi connectivity index (χ2v) is 5.60. The minimum atomic E-state index is -0.860. The van der Waals surface area contributed by atoms with Crippen LogP contribution in [-0.2, 0) is 4.79 Å². The fourth-order valence-electron chi connectivity index (χ4n) is 1.27. The lowest BCUT2D eigenvalue weighted by Crippen LogP contribution is -2.30. The van der Waals surface area contributed by atoms with Crippen LogP contribution in [0.2, 0.25) is 0 Å². The molecule has 1 N–H and O–H groups in total. The molecule has 1 aliphatic rings. The molecular weight excluding hydrogens is 228 g/mol. The highest BCUT2D eigenvalue weighted by Crippen LogP contribution is 2.40. The maximum atomic E-state index is 11.2. The smallest absolute Gasteiger partial charge is 0.319 e. The third kappa shape index (κ3) is 2.04. The third-order valence-corrected chi connectivity index (χ3v) is 4.16. The Morgan fingerprint density at radius 1 is 1.69 bits per heavy atom. The van der Waals surface area contributed by atoms with E-state index >= 15 is 0 Å². The summed E-state index contributed by atoms with van der Waals surface area (Å²) in [5, 5.41) is 21.2. The summed E-state index contributed by atoms with van der Waals surface area (Å²) in [7, 11) is 0. The number of aromatic nitrogens is 4. The van der Waals surface area contributed by atoms with Crippen molar-refractivity contribution in [2.45, 2.75) is 49.1 Å². The van der Waals surface area contributed by atoms with Gasteiger partial charge < -0.3 is 5.11 Å². The van der Waals surface area contributed by atoms with E-state index in [1.165, 1.54) is 11.8 Å². The molecule has 0 aromatic carbocycles. The molecule has 1 aromatic heterocycles. The molecule has 1 fully saturated rings. The first-order valence-electron chi connectivity index (χ1n) is 5.27. The minimum absolute atomic E-state index is 0.368. The summed E-state index contributed by atoms with van der Waals surface area (Å²) in [6.07, 6.45) is 2.69. The summed E-state index contributed by atoms with van der Waals surface area (Å²) in [5.41, 5.74) is 0. The van der Waals surface area contributed by atoms with Crippen LogP contribution in [0.3, 0.4) is 0 Å². The Hall–Kier alpha value is -1.11. The Balaban J connectivity index is 2.18. The summed E-state index contributed by atoms with van der Waals surface area (Å²) in [6.45, 7) is 3.55. The van der Waals surface area contributed by atoms with E-state index in [0.29, 0.717) is 17.6 Å². The second-order valence-electron chi connectivity index (χ2n) is 4.13. The number of aliphatic carboxylic acids is 1. The molecule has 6 nitrogen and oxygen atoms in total. The van der Waals surface area contributed by atoms with Gasteiger partial charge in [0.1, 0.15) is 4.75 Å². The predicted molar refractivity (Wildman–Crippen MR) is 58.3 cm³/mol. The SMILES string of the molecule is CCC(C)(Sc1nnnn1C1CC1)C(=O)O. The molecule has 1 saturated carbocycles. The van der Waals surface area contributed by atoms with E-state index in [0.717, 1.165) is 12.8 Å². The van der Waals surface area contributed by atoms with E-state index < -0.39 is 10.7 Å². The number of rotatable bonds is 5. The van der Waals surface area contributed by atoms with Crippen molar-refractivity contribution in [3.63, 3.8) is 0 Å². The van der Waals surface area contributed by atoms with E-state index in [4.69, 9.17) is 0 Å². The van der Waals surface area contributed by atoms with E-state index in [1.807, 2.05) is 6.92 Å². The molecule has 2 rings (SSSR count). The molecule has 0 spiro atoms. The molecule has 1 aromatic rings. The van der Waals surface area contributed by atoms with Crippen LogP contribution in [0.4, 0.5) is 0 Å². The molecular formula is C9H14N4O2S. The lowest BCUT2D eigenvalue weighted by atomic mass is 10.1. The lowest BCUT2D eigenvalue weighted by molar-refractivity contribution is -0.139. The third-order valence-electron chi connectivity index (χ3n) is 2.80. The van der Waals surface area contributed by atoms with Gasteiger partial charge in [0.05, 0.1) is 6.04 Å². The van der Waals surface area contributed by atoms with Gasteiger partial charge in [0.15, 0.2) is 0 Å². The van der Waals surface area contributed by atoms with E-state index in [1.54, 1.807) is 11.6 Å². The van der Waals surface area contributed by atoms with Gasteiger partial charge in [0.25, 0.3) is 0 Å². The lowest BCUT2D eigenvalue weighted by Gasteiger charge is -2.20. The summed E-state index contributed by atoms with van der Waals surface area (Å²) in [5.74, 6) is -0.828. The quantitative estimate of drug-likeness (QED) is 0.785. The van der Waals surface area contributed by atoms with Crippen LogP contribution < -0.4 is 0 Å². The standard InChI is InChI=1S/C9H14N4O2S/c1-3-9(2,7(14)15)16-8-10-11-12-13(8)6-4-5-6/h6H,3-5H2,1-2H3,(H,14,15). The maximum Gasteiger partial charge on any atom is 0.319 e. The van der Waals surface area contributed by atoms with Crippen LogP contribution in [0.15, 0.2) is 5.16 Å². The number of carboxylic acid groups (broad SMARTS) is 1. The molecule has 0 bridgehead atoms. The number of hydrogen-bond donors (Lipinski definition) is 1. The van der Waals surface area contributed by atoms with Crippen LogP contribution in [0.25, 0.3) is 0 Å². The minimum Gasteiger partial charge on any atom is -0.480 e. The van der Waals surface area contributed by atoms with Crippen LogP contribution in [0, 0.1) is 0 Å². The first-order chi connectivity index (χ1) is 7.57. The number of tetrazole rings is 1. The maximum absolute atomic E-state index is 11.2. The molecule has 1 atom stereocenters. The Morgan fingerprint density at radius 2 is 2.38 bits per heavy atom. The van der Waals surface area contributed by atoms with Gasteiger partial charge in [-0.25, -0.2) is 4.68 Å². The fourth-order valence-corrected chi connectivity index (χ4v) is 2.26. The van der Waals surface area contributed by atoms with Crippen LogP contribution in [0.1, 0.15) is 39.2 Å². The summed E-state index contributed by atoms with van der Waals surface area (Å²) < 4.78 is 0.878. The van der Waals surface area contributed by atoms with E-state index in [-0.39, 0.29) is 0 Å². The largest absolute Gasteiger partial charge is 0.480 e. The molecule has 7 heteroatoms. The Bertz CT molecular complexity index is 404. The van der Waals surface area contributed by atoms with Crippen molar-refractivity contribution in [2.75, 3.05) is 0 Å². The monoisotopic (exact) mass is 242 g/mol. The van der Waals surface area contributed by atoms with Gasteiger partial charge in [-0.3, -0.25) is 4.79 Å². The molecule has 1 heterocycles. The molecule has 0 aliphatic heterocycles. The molecule has 1 aliphatic carbocycles. The number of thioether (sulfide) groups is 1. The number of nitrogens with zero attached hydrogens (tertiary/aromatic N) is 4. The number of carboxylic acids is 1. The molecule has 16 heavy (non-hydrogen) atoms. The highest BCUT2D eigenvalue weighted by molar-refractivity contribution is 8.01. The van der Waals surface area contributed by atoms with Crippen molar-refractivity contribution in [1.29, 1.82) is 0 Å². The topological polar surface area (TPSA) is 80.9 Å². The Morgan fingerprint density at radius 3 is 2.88 bits per heavy atom. The van der Waals surface area contributed by atoms with Gasteiger partial charge in [0, 0.05) is 0 Å². The summed E-state index contributed by atoms with van der Waals surface area (Å²) in [4.78, 5) is 11.2. The van der Waals surface area contributed by atoms with E-state index in [9.17, 15) is 9.90 Å². The van der Waals surface area contributed by atoms with Gasteiger partial charge in [-0.2, -0.15) is 0 Å². The van der Waals surface area contributed by atoms with Crippen molar-refractivity contribution in [1.82, 2.24) is 20.2 Å². The van der Waals surface area contributed by atoms with Crippen LogP contribution in [0.5, 0.6) is 0 Å². The van der Waals surface area contributed by atoms with Gasteiger partial charge in [-0.05, 0) is 36.6 Å². The van der Waals surface area contributed by atoms with Crippen LogP contribution in [-0.4, -0.2) is 36.0 Å². The average Bonchev–Trinajstić information content (AvgIpc) is 3.00. The summed E-state index contributed by atoms with van der Waals surface area (Å²) in [6, 6.07) is 0.368. The van der Waals surface area contributed by atoms with Crippen molar-refractivity contribution in [3.8, 4) is 0 Å². The summed E-state index contributed by atoms with van der Waals surface area (Å²) >= 11 is 1.23. The normalized spacial score (nSPS) is 19.4. The second kappa shape index (κ2) is 4.04. The highest BCUT2D eigenvalue weighted by atomic mass is 32.2. The zero-order valence-electron chi connectivity index (χ0n) is 9.25. The molecule has 0 radical (unpaired) electrons. The average molecular weight is 242 g/mol. The molecule has 0 amide bonds. The molecule has 88 valence electrons. The fraction of sp³-hybridized carbons (Fsp3) is 0.778.